The topological polar surface area (TPSA) is 8.81 Å². The van der Waals surface area contributed by atoms with Crippen molar-refractivity contribution in [3.8, 4) is 0 Å². The van der Waals surface area contributed by atoms with E-state index in [9.17, 15) is 0 Å². The Morgan fingerprint density at radius 3 is 2.83 bits per heavy atom. The molecule has 1 aromatic rings. The van der Waals surface area contributed by atoms with Gasteiger partial charge in [0.25, 0.3) is 0 Å². The van der Waals surface area contributed by atoms with Gasteiger partial charge in [0.2, 0.25) is 0 Å². The van der Waals surface area contributed by atoms with Crippen LogP contribution in [0.2, 0.25) is 0 Å². The molecule has 0 saturated heterocycles. The molecule has 0 aliphatic rings. The quantitative estimate of drug-likeness (QED) is 0.549. The lowest BCUT2D eigenvalue weighted by Gasteiger charge is -1.92. The summed E-state index contributed by atoms with van der Waals surface area (Å²) in [7, 11) is 0. The number of hydrogen-bond acceptors (Lipinski definition) is 0. The highest BCUT2D eigenvalue weighted by molar-refractivity contribution is 9.10. The molecule has 0 radical (unpaired) electrons. The van der Waals surface area contributed by atoms with Gasteiger partial charge in [-0.2, -0.15) is 0 Å². The maximum absolute atomic E-state index is 3.68. The summed E-state index contributed by atoms with van der Waals surface area (Å²) in [5.74, 6) is 0. The van der Waals surface area contributed by atoms with E-state index in [4.69, 9.17) is 0 Å². The average molecular weight is 228 g/mol. The number of rotatable bonds is 4. The van der Waals surface area contributed by atoms with E-state index in [1.807, 2.05) is 24.5 Å². The van der Waals surface area contributed by atoms with Crippen LogP contribution in [0.3, 0.4) is 0 Å². The van der Waals surface area contributed by atoms with E-state index in [0.717, 1.165) is 17.8 Å². The molecule has 1 heterocycles. The number of halogens is 1. The maximum Gasteiger partial charge on any atom is 0.325 e. The van der Waals surface area contributed by atoms with E-state index in [-0.39, 0.29) is 0 Å². The lowest BCUT2D eigenvalue weighted by molar-refractivity contribution is -0.697. The van der Waals surface area contributed by atoms with Crippen molar-refractivity contribution in [2.24, 2.45) is 0 Å². The van der Waals surface area contributed by atoms with Crippen molar-refractivity contribution in [3.05, 3.63) is 42.4 Å². The Bertz CT molecular complexity index is 261. The molecule has 0 amide bonds. The van der Waals surface area contributed by atoms with E-state index in [2.05, 4.69) is 38.2 Å². The molecule has 0 aliphatic heterocycles. The van der Waals surface area contributed by atoms with Gasteiger partial charge in [-0.3, -0.25) is 0 Å². The fourth-order valence-electron chi connectivity index (χ4n) is 0.999. The first kappa shape index (κ1) is 9.26. The molecule has 3 heteroatoms. The van der Waals surface area contributed by atoms with Gasteiger partial charge in [-0.15, -0.1) is 0 Å². The highest BCUT2D eigenvalue weighted by Crippen LogP contribution is 2.04. The van der Waals surface area contributed by atoms with Gasteiger partial charge in [0.15, 0.2) is 0 Å². The molecule has 2 nitrogen and oxygen atoms in total. The second-order valence-electron chi connectivity index (χ2n) is 2.45. The molecule has 12 heavy (non-hydrogen) atoms. The van der Waals surface area contributed by atoms with Crippen molar-refractivity contribution in [2.75, 3.05) is 0 Å². The third kappa shape index (κ3) is 1.85. The first-order chi connectivity index (χ1) is 5.79. The van der Waals surface area contributed by atoms with Crippen molar-refractivity contribution >= 4 is 15.9 Å². The number of nitrogens with zero attached hydrogens (tertiary/aromatic N) is 2. The summed E-state index contributed by atoms with van der Waals surface area (Å²) in [4.78, 5) is 0. The van der Waals surface area contributed by atoms with E-state index >= 15 is 0 Å². The van der Waals surface area contributed by atoms with Crippen LogP contribution in [0.5, 0.6) is 0 Å². The molecule has 0 spiro atoms. The lowest BCUT2D eigenvalue weighted by Crippen LogP contribution is -2.32. The molecule has 64 valence electrons. The summed E-state index contributed by atoms with van der Waals surface area (Å²) < 4.78 is 5.18. The minimum atomic E-state index is 0.824. The third-order valence-corrected chi connectivity index (χ3v) is 2.46. The van der Waals surface area contributed by atoms with Crippen LogP contribution in [-0.2, 0) is 13.1 Å². The smallest absolute Gasteiger partial charge is 0.221 e. The third-order valence-electron chi connectivity index (χ3n) is 1.55. The van der Waals surface area contributed by atoms with Crippen molar-refractivity contribution < 1.29 is 4.57 Å². The summed E-state index contributed by atoms with van der Waals surface area (Å²) >= 11 is 3.48. The largest absolute Gasteiger partial charge is 0.325 e. The second-order valence-corrected chi connectivity index (χ2v) is 3.16. The monoisotopic (exact) mass is 227 g/mol. The van der Waals surface area contributed by atoms with Crippen LogP contribution in [0, 0.1) is 0 Å². The van der Waals surface area contributed by atoms with Crippen molar-refractivity contribution in [3.63, 3.8) is 0 Å². The SMILES string of the molecule is C=CCn1cc[n+](CC=C)c1Br. The molecule has 1 rings (SSSR count). The van der Waals surface area contributed by atoms with Gasteiger partial charge in [0.1, 0.15) is 25.5 Å². The van der Waals surface area contributed by atoms with Gasteiger partial charge in [-0.05, 0) is 0 Å². The molecule has 0 saturated carbocycles. The highest BCUT2D eigenvalue weighted by atomic mass is 79.9. The second kappa shape index (κ2) is 4.26. The fourth-order valence-corrected chi connectivity index (χ4v) is 1.53. The Morgan fingerprint density at radius 1 is 1.50 bits per heavy atom. The van der Waals surface area contributed by atoms with Crippen molar-refractivity contribution in [1.29, 1.82) is 0 Å². The Balaban J connectivity index is 2.87. The number of imidazole rings is 1. The first-order valence-electron chi connectivity index (χ1n) is 3.75. The van der Waals surface area contributed by atoms with Crippen molar-refractivity contribution in [1.82, 2.24) is 4.57 Å². The maximum atomic E-state index is 3.68. The number of aromatic nitrogens is 2. The Kier molecular flexibility index (Phi) is 3.29. The summed E-state index contributed by atoms with van der Waals surface area (Å²) in [6.07, 6.45) is 7.75. The van der Waals surface area contributed by atoms with Crippen LogP contribution in [0.15, 0.2) is 42.4 Å². The van der Waals surface area contributed by atoms with E-state index in [0.29, 0.717) is 0 Å². The summed E-state index contributed by atoms with van der Waals surface area (Å²) in [5.41, 5.74) is 0. The van der Waals surface area contributed by atoms with Crippen LogP contribution in [0.1, 0.15) is 0 Å². The predicted octanol–water partition coefficient (Wildman–Crippen LogP) is 1.91. The molecule has 0 aliphatic carbocycles. The Hall–Kier alpha value is -0.830. The van der Waals surface area contributed by atoms with Crippen LogP contribution in [-0.4, -0.2) is 4.57 Å². The minimum absolute atomic E-state index is 0.824. The predicted molar refractivity (Wildman–Crippen MR) is 52.7 cm³/mol. The number of allylic oxidation sites excluding steroid dienone is 2. The zero-order valence-electron chi connectivity index (χ0n) is 6.91. The van der Waals surface area contributed by atoms with Gasteiger partial charge < -0.3 is 0 Å². The normalized spacial score (nSPS) is 9.75. The molecule has 0 atom stereocenters. The lowest BCUT2D eigenvalue weighted by atomic mass is 10.6. The molecular formula is C9H12BrN2+. The van der Waals surface area contributed by atoms with Gasteiger partial charge >= 0.3 is 4.73 Å². The summed E-state index contributed by atoms with van der Waals surface area (Å²) in [5, 5.41) is 0. The van der Waals surface area contributed by atoms with E-state index in [1.54, 1.807) is 0 Å². The summed E-state index contributed by atoms with van der Waals surface area (Å²) in [6.45, 7) is 9.01. The molecule has 0 fully saturated rings. The molecule has 1 aromatic heterocycles. The molecule has 0 unspecified atom stereocenters. The van der Waals surface area contributed by atoms with Crippen LogP contribution < -0.4 is 4.57 Å². The molecule has 0 N–H and O–H groups in total. The fraction of sp³-hybridized carbons (Fsp3) is 0.222. The Morgan fingerprint density at radius 2 is 2.25 bits per heavy atom. The molecular weight excluding hydrogens is 216 g/mol. The van der Waals surface area contributed by atoms with Gasteiger partial charge in [-0.1, -0.05) is 25.3 Å². The zero-order chi connectivity index (χ0) is 8.97. The minimum Gasteiger partial charge on any atom is -0.221 e. The molecule has 0 bridgehead atoms. The Labute approximate surface area is 81.0 Å². The highest BCUT2D eigenvalue weighted by Gasteiger charge is 2.10. The average Bonchev–Trinajstić information content (AvgIpc) is 2.38. The number of hydrogen-bond donors (Lipinski definition) is 0. The zero-order valence-corrected chi connectivity index (χ0v) is 8.50. The van der Waals surface area contributed by atoms with Crippen LogP contribution in [0.4, 0.5) is 0 Å². The van der Waals surface area contributed by atoms with Gasteiger partial charge in [0.05, 0.1) is 0 Å². The summed E-state index contributed by atoms with van der Waals surface area (Å²) in [6, 6.07) is 0. The van der Waals surface area contributed by atoms with Crippen LogP contribution >= 0.6 is 15.9 Å². The van der Waals surface area contributed by atoms with E-state index in [1.165, 1.54) is 0 Å². The standard InChI is InChI=1S/C9H12BrN2/c1-3-5-11-7-8-12(6-4-2)9(11)10/h3-4,7-8H,1-2,5-6H2/q+1. The first-order valence-corrected chi connectivity index (χ1v) is 4.54. The van der Waals surface area contributed by atoms with E-state index < -0.39 is 0 Å². The molecule has 0 aromatic carbocycles. The van der Waals surface area contributed by atoms with Crippen molar-refractivity contribution in [2.45, 2.75) is 13.1 Å². The van der Waals surface area contributed by atoms with Gasteiger partial charge in [-0.25, -0.2) is 9.13 Å². The van der Waals surface area contributed by atoms with Crippen LogP contribution in [0.25, 0.3) is 0 Å². The van der Waals surface area contributed by atoms with Gasteiger partial charge in [0, 0.05) is 15.9 Å².